The van der Waals surface area contributed by atoms with Crippen LogP contribution in [0.3, 0.4) is 0 Å². The summed E-state index contributed by atoms with van der Waals surface area (Å²) in [7, 11) is 1.58. The molecule has 1 amide bonds. The lowest BCUT2D eigenvalue weighted by molar-refractivity contribution is -0.123. The Labute approximate surface area is 150 Å². The molecule has 0 aliphatic rings. The van der Waals surface area contributed by atoms with Crippen LogP contribution >= 0.6 is 0 Å². The molecule has 2 aromatic rings. The molecule has 0 aliphatic carbocycles. The van der Waals surface area contributed by atoms with Crippen LogP contribution in [-0.2, 0) is 11.2 Å². The minimum atomic E-state index is -0.162. The summed E-state index contributed by atoms with van der Waals surface area (Å²) in [4.78, 5) is 12.1. The molecule has 0 aromatic heterocycles. The Hall–Kier alpha value is -2.49. The van der Waals surface area contributed by atoms with Crippen molar-refractivity contribution < 1.29 is 14.3 Å². The van der Waals surface area contributed by atoms with E-state index in [9.17, 15) is 4.79 Å². The lowest BCUT2D eigenvalue weighted by Gasteiger charge is -2.16. The van der Waals surface area contributed by atoms with Gasteiger partial charge >= 0.3 is 0 Å². The number of methoxy groups -OCH3 is 1. The molecular weight excluding hydrogens is 314 g/mol. The number of nitrogens with one attached hydrogen (secondary N) is 1. The zero-order valence-electron chi connectivity index (χ0n) is 15.4. The summed E-state index contributed by atoms with van der Waals surface area (Å²) in [5, 5.41) is 2.96. The van der Waals surface area contributed by atoms with Crippen molar-refractivity contribution in [2.75, 3.05) is 13.7 Å². The Bertz CT molecular complexity index is 680. The highest BCUT2D eigenvalue weighted by atomic mass is 16.5. The van der Waals surface area contributed by atoms with Crippen LogP contribution in [0.1, 0.15) is 37.9 Å². The molecular formula is C21H27NO3. The molecule has 134 valence electrons. The average molecular weight is 341 g/mol. The second-order valence-corrected chi connectivity index (χ2v) is 6.57. The SMILES string of the molecule is COc1ccccc1OCC(=O)N[C@H](C)c1ccc(CC(C)C)cc1. The molecule has 2 aromatic carbocycles. The molecule has 0 aliphatic heterocycles. The highest BCUT2D eigenvalue weighted by Gasteiger charge is 2.11. The van der Waals surface area contributed by atoms with Crippen LogP contribution in [0.15, 0.2) is 48.5 Å². The Morgan fingerprint density at radius 2 is 1.64 bits per heavy atom. The largest absolute Gasteiger partial charge is 0.493 e. The van der Waals surface area contributed by atoms with Crippen LogP contribution in [0, 0.1) is 5.92 Å². The van der Waals surface area contributed by atoms with Crippen LogP contribution in [-0.4, -0.2) is 19.6 Å². The third kappa shape index (κ3) is 5.82. The predicted molar refractivity (Wildman–Crippen MR) is 100 cm³/mol. The van der Waals surface area contributed by atoms with E-state index in [1.165, 1.54) is 5.56 Å². The second-order valence-electron chi connectivity index (χ2n) is 6.57. The van der Waals surface area contributed by atoms with Crippen LogP contribution in [0.2, 0.25) is 0 Å². The molecule has 1 N–H and O–H groups in total. The first kappa shape index (κ1) is 18.8. The van der Waals surface area contributed by atoms with Crippen molar-refractivity contribution >= 4 is 5.91 Å². The number of hydrogen-bond acceptors (Lipinski definition) is 3. The van der Waals surface area contributed by atoms with Gasteiger partial charge < -0.3 is 14.8 Å². The number of benzene rings is 2. The van der Waals surface area contributed by atoms with Crippen molar-refractivity contribution in [1.29, 1.82) is 0 Å². The maximum absolute atomic E-state index is 12.1. The average Bonchev–Trinajstić information content (AvgIpc) is 2.60. The Balaban J connectivity index is 1.87. The van der Waals surface area contributed by atoms with Gasteiger partial charge in [-0.2, -0.15) is 0 Å². The maximum atomic E-state index is 12.1. The summed E-state index contributed by atoms with van der Waals surface area (Å²) in [6.45, 7) is 6.34. The van der Waals surface area contributed by atoms with Crippen molar-refractivity contribution in [1.82, 2.24) is 5.32 Å². The van der Waals surface area contributed by atoms with Gasteiger partial charge in [0, 0.05) is 0 Å². The quantitative estimate of drug-likeness (QED) is 0.784. The van der Waals surface area contributed by atoms with Crippen LogP contribution < -0.4 is 14.8 Å². The summed E-state index contributed by atoms with van der Waals surface area (Å²) < 4.78 is 10.8. The number of ether oxygens (including phenoxy) is 2. The van der Waals surface area contributed by atoms with E-state index in [0.717, 1.165) is 12.0 Å². The summed E-state index contributed by atoms with van der Waals surface area (Å²) in [5.74, 6) is 1.65. The van der Waals surface area contributed by atoms with Crippen LogP contribution in [0.25, 0.3) is 0 Å². The molecule has 0 heterocycles. The summed E-state index contributed by atoms with van der Waals surface area (Å²) in [6.07, 6.45) is 1.06. The molecule has 1 atom stereocenters. The second kappa shape index (κ2) is 9.11. The monoisotopic (exact) mass is 341 g/mol. The third-order valence-electron chi connectivity index (χ3n) is 3.93. The Kier molecular flexibility index (Phi) is 6.87. The van der Waals surface area contributed by atoms with Gasteiger partial charge in [0.2, 0.25) is 0 Å². The zero-order chi connectivity index (χ0) is 18.2. The van der Waals surface area contributed by atoms with Gasteiger partial charge in [-0.1, -0.05) is 50.2 Å². The number of para-hydroxylation sites is 2. The van der Waals surface area contributed by atoms with Gasteiger partial charge in [-0.25, -0.2) is 0 Å². The lowest BCUT2D eigenvalue weighted by atomic mass is 10.00. The standard InChI is InChI=1S/C21H27NO3/c1-15(2)13-17-9-11-18(12-10-17)16(3)22-21(23)14-25-20-8-6-5-7-19(20)24-4/h5-12,15-16H,13-14H2,1-4H3,(H,22,23)/t16-/m1/s1. The van der Waals surface area contributed by atoms with Crippen molar-refractivity contribution in [3.05, 3.63) is 59.7 Å². The van der Waals surface area contributed by atoms with Gasteiger partial charge in [0.1, 0.15) is 0 Å². The van der Waals surface area contributed by atoms with Crippen molar-refractivity contribution in [2.24, 2.45) is 5.92 Å². The number of hydrogen-bond donors (Lipinski definition) is 1. The fourth-order valence-electron chi connectivity index (χ4n) is 2.66. The molecule has 0 spiro atoms. The molecule has 0 saturated heterocycles. The smallest absolute Gasteiger partial charge is 0.258 e. The molecule has 4 nitrogen and oxygen atoms in total. The summed E-state index contributed by atoms with van der Waals surface area (Å²) in [6, 6.07) is 15.6. The molecule has 0 bridgehead atoms. The van der Waals surface area contributed by atoms with Gasteiger partial charge in [0.25, 0.3) is 5.91 Å². The molecule has 2 rings (SSSR count). The zero-order valence-corrected chi connectivity index (χ0v) is 15.4. The van der Waals surface area contributed by atoms with Gasteiger partial charge in [-0.15, -0.1) is 0 Å². The highest BCUT2D eigenvalue weighted by Crippen LogP contribution is 2.25. The van der Waals surface area contributed by atoms with E-state index >= 15 is 0 Å². The molecule has 0 fully saturated rings. The first-order valence-electron chi connectivity index (χ1n) is 8.63. The van der Waals surface area contributed by atoms with Crippen molar-refractivity contribution in [2.45, 2.75) is 33.2 Å². The van der Waals surface area contributed by atoms with E-state index in [4.69, 9.17) is 9.47 Å². The van der Waals surface area contributed by atoms with E-state index < -0.39 is 0 Å². The molecule has 0 radical (unpaired) electrons. The molecule has 0 unspecified atom stereocenters. The van der Waals surface area contributed by atoms with E-state index in [-0.39, 0.29) is 18.6 Å². The summed E-state index contributed by atoms with van der Waals surface area (Å²) >= 11 is 0. The fraction of sp³-hybridized carbons (Fsp3) is 0.381. The first-order valence-corrected chi connectivity index (χ1v) is 8.63. The number of carbonyl (C=O) groups is 1. The van der Waals surface area contributed by atoms with Gasteiger partial charge in [0.15, 0.2) is 18.1 Å². The molecule has 4 heteroatoms. The van der Waals surface area contributed by atoms with E-state index in [2.05, 4.69) is 43.4 Å². The number of rotatable bonds is 8. The van der Waals surface area contributed by atoms with Gasteiger partial charge in [0.05, 0.1) is 13.2 Å². The normalized spacial score (nSPS) is 11.9. The predicted octanol–water partition coefficient (Wildman–Crippen LogP) is 4.15. The highest BCUT2D eigenvalue weighted by molar-refractivity contribution is 5.78. The van der Waals surface area contributed by atoms with E-state index in [1.807, 2.05) is 19.1 Å². The minimum absolute atomic E-state index is 0.0455. The van der Waals surface area contributed by atoms with Crippen LogP contribution in [0.5, 0.6) is 11.5 Å². The summed E-state index contributed by atoms with van der Waals surface area (Å²) in [5.41, 5.74) is 2.40. The number of carbonyl (C=O) groups excluding carboxylic acids is 1. The van der Waals surface area contributed by atoms with E-state index in [0.29, 0.717) is 17.4 Å². The van der Waals surface area contributed by atoms with Crippen molar-refractivity contribution in [3.63, 3.8) is 0 Å². The Morgan fingerprint density at radius 1 is 1.00 bits per heavy atom. The minimum Gasteiger partial charge on any atom is -0.493 e. The lowest BCUT2D eigenvalue weighted by Crippen LogP contribution is -2.31. The van der Waals surface area contributed by atoms with Crippen molar-refractivity contribution in [3.8, 4) is 11.5 Å². The molecule has 25 heavy (non-hydrogen) atoms. The number of amides is 1. The topological polar surface area (TPSA) is 47.6 Å². The Morgan fingerprint density at radius 3 is 2.24 bits per heavy atom. The van der Waals surface area contributed by atoms with Gasteiger partial charge in [-0.05, 0) is 42.5 Å². The molecule has 0 saturated carbocycles. The van der Waals surface area contributed by atoms with Crippen LogP contribution in [0.4, 0.5) is 0 Å². The van der Waals surface area contributed by atoms with Gasteiger partial charge in [-0.3, -0.25) is 4.79 Å². The third-order valence-corrected chi connectivity index (χ3v) is 3.93. The first-order chi connectivity index (χ1) is 12.0. The fourth-order valence-corrected chi connectivity index (χ4v) is 2.66. The maximum Gasteiger partial charge on any atom is 0.258 e. The van der Waals surface area contributed by atoms with E-state index in [1.54, 1.807) is 19.2 Å².